The van der Waals surface area contributed by atoms with Gasteiger partial charge in [0, 0.05) is 5.56 Å². The van der Waals surface area contributed by atoms with Crippen LogP contribution in [0.4, 0.5) is 4.39 Å². The van der Waals surface area contributed by atoms with Crippen LogP contribution >= 0.6 is 0 Å². The maximum atomic E-state index is 12.7. The average molecular weight is 238 g/mol. The molecule has 0 unspecified atom stereocenters. The van der Waals surface area contributed by atoms with E-state index in [0.717, 1.165) is 0 Å². The number of primary amides is 1. The molecule has 0 aliphatic carbocycles. The van der Waals surface area contributed by atoms with Gasteiger partial charge in [-0.2, -0.15) is 0 Å². The van der Waals surface area contributed by atoms with Gasteiger partial charge >= 0.3 is 0 Å². The number of hydrogen-bond donors (Lipinski definition) is 1. The summed E-state index contributed by atoms with van der Waals surface area (Å²) in [6.07, 6.45) is 0. The van der Waals surface area contributed by atoms with Crippen molar-refractivity contribution in [2.75, 3.05) is 19.6 Å². The van der Waals surface area contributed by atoms with Gasteiger partial charge in [-0.1, -0.05) is 6.92 Å². The van der Waals surface area contributed by atoms with Gasteiger partial charge in [-0.25, -0.2) is 4.39 Å². The summed E-state index contributed by atoms with van der Waals surface area (Å²) in [5.74, 6) is -1.02. The van der Waals surface area contributed by atoms with Gasteiger partial charge in [0.05, 0.1) is 13.1 Å². The number of benzene rings is 1. The molecule has 0 atom stereocenters. The van der Waals surface area contributed by atoms with E-state index in [4.69, 9.17) is 5.73 Å². The summed E-state index contributed by atoms with van der Waals surface area (Å²) in [7, 11) is 0. The van der Waals surface area contributed by atoms with E-state index in [1.165, 1.54) is 24.3 Å². The molecule has 1 aromatic carbocycles. The van der Waals surface area contributed by atoms with Crippen molar-refractivity contribution in [1.82, 2.24) is 4.90 Å². The van der Waals surface area contributed by atoms with Crippen molar-refractivity contribution < 1.29 is 14.0 Å². The Kier molecular flexibility index (Phi) is 4.78. The Balaban J connectivity index is 2.64. The molecule has 1 aromatic rings. The predicted molar refractivity (Wildman–Crippen MR) is 62.0 cm³/mol. The molecule has 0 spiro atoms. The molecular weight excluding hydrogens is 223 g/mol. The number of likely N-dealkylation sites (N-methyl/N-ethyl adjacent to an activating group) is 1. The van der Waals surface area contributed by atoms with Gasteiger partial charge < -0.3 is 5.73 Å². The van der Waals surface area contributed by atoms with E-state index >= 15 is 0 Å². The number of carbonyl (C=O) groups is 2. The third kappa shape index (κ3) is 4.32. The number of nitrogens with zero attached hydrogens (tertiary/aromatic N) is 1. The number of hydrogen-bond acceptors (Lipinski definition) is 3. The second-order valence-corrected chi connectivity index (χ2v) is 3.70. The zero-order valence-electron chi connectivity index (χ0n) is 9.65. The molecule has 5 heteroatoms. The lowest BCUT2D eigenvalue weighted by atomic mass is 10.1. The van der Waals surface area contributed by atoms with Crippen LogP contribution in [-0.2, 0) is 4.79 Å². The van der Waals surface area contributed by atoms with E-state index in [1.54, 1.807) is 4.90 Å². The van der Waals surface area contributed by atoms with Crippen molar-refractivity contribution in [3.05, 3.63) is 35.6 Å². The second kappa shape index (κ2) is 6.10. The largest absolute Gasteiger partial charge is 0.369 e. The van der Waals surface area contributed by atoms with Crippen LogP contribution in [0.2, 0.25) is 0 Å². The number of rotatable bonds is 6. The van der Waals surface area contributed by atoms with Crippen LogP contribution in [0.3, 0.4) is 0 Å². The summed E-state index contributed by atoms with van der Waals surface area (Å²) in [4.78, 5) is 24.2. The summed E-state index contributed by atoms with van der Waals surface area (Å²) in [6, 6.07) is 5.32. The molecule has 0 radical (unpaired) electrons. The van der Waals surface area contributed by atoms with Gasteiger partial charge in [0.2, 0.25) is 5.91 Å². The van der Waals surface area contributed by atoms with Crippen LogP contribution in [0.5, 0.6) is 0 Å². The Morgan fingerprint density at radius 2 is 1.82 bits per heavy atom. The highest BCUT2D eigenvalue weighted by Gasteiger charge is 2.12. The Labute approximate surface area is 99.2 Å². The van der Waals surface area contributed by atoms with Crippen LogP contribution in [0, 0.1) is 5.82 Å². The Morgan fingerprint density at radius 1 is 1.24 bits per heavy atom. The van der Waals surface area contributed by atoms with Crippen molar-refractivity contribution in [2.24, 2.45) is 5.73 Å². The zero-order valence-corrected chi connectivity index (χ0v) is 9.65. The first-order valence-corrected chi connectivity index (χ1v) is 5.32. The van der Waals surface area contributed by atoms with Crippen LogP contribution in [0.25, 0.3) is 0 Å². The number of Topliss-reactive ketones (excluding diaryl/α,β-unsaturated/α-hetero) is 1. The van der Waals surface area contributed by atoms with Crippen molar-refractivity contribution in [3.63, 3.8) is 0 Å². The topological polar surface area (TPSA) is 63.4 Å². The molecule has 4 nitrogen and oxygen atoms in total. The first-order valence-electron chi connectivity index (χ1n) is 5.32. The zero-order chi connectivity index (χ0) is 12.8. The highest BCUT2D eigenvalue weighted by Crippen LogP contribution is 2.04. The lowest BCUT2D eigenvalue weighted by Gasteiger charge is -2.17. The molecule has 0 aromatic heterocycles. The highest BCUT2D eigenvalue weighted by molar-refractivity contribution is 5.97. The van der Waals surface area contributed by atoms with Crippen LogP contribution < -0.4 is 5.73 Å². The molecule has 17 heavy (non-hydrogen) atoms. The fourth-order valence-electron chi connectivity index (χ4n) is 1.43. The third-order valence-corrected chi connectivity index (χ3v) is 2.36. The van der Waals surface area contributed by atoms with Crippen LogP contribution in [0.15, 0.2) is 24.3 Å². The molecule has 0 saturated carbocycles. The van der Waals surface area contributed by atoms with Gasteiger partial charge in [-0.15, -0.1) is 0 Å². The Hall–Kier alpha value is -1.75. The highest BCUT2D eigenvalue weighted by atomic mass is 19.1. The fraction of sp³-hybridized carbons (Fsp3) is 0.333. The lowest BCUT2D eigenvalue weighted by molar-refractivity contribution is -0.118. The standard InChI is InChI=1S/C12H15FN2O2/c1-2-15(8-12(14)17)7-11(16)9-3-5-10(13)6-4-9/h3-6H,2,7-8H2,1H3,(H2,14,17). The minimum absolute atomic E-state index is 0.0451. The van der Waals surface area contributed by atoms with Crippen molar-refractivity contribution >= 4 is 11.7 Å². The summed E-state index contributed by atoms with van der Waals surface area (Å²) in [5, 5.41) is 0. The summed E-state index contributed by atoms with van der Waals surface area (Å²) in [6.45, 7) is 2.53. The quantitative estimate of drug-likeness (QED) is 0.746. The second-order valence-electron chi connectivity index (χ2n) is 3.70. The van der Waals surface area contributed by atoms with Crippen LogP contribution in [-0.4, -0.2) is 36.2 Å². The summed E-state index contributed by atoms with van der Waals surface area (Å²) < 4.78 is 12.7. The van der Waals surface area contributed by atoms with Crippen LogP contribution in [0.1, 0.15) is 17.3 Å². The van der Waals surface area contributed by atoms with E-state index in [2.05, 4.69) is 0 Å². The van der Waals surface area contributed by atoms with Crippen molar-refractivity contribution in [1.29, 1.82) is 0 Å². The SMILES string of the molecule is CCN(CC(N)=O)CC(=O)c1ccc(F)cc1. The van der Waals surface area contributed by atoms with Gasteiger partial charge in [0.15, 0.2) is 5.78 Å². The van der Waals surface area contributed by atoms with Gasteiger partial charge in [0.25, 0.3) is 0 Å². The monoisotopic (exact) mass is 238 g/mol. The normalized spacial score (nSPS) is 10.5. The van der Waals surface area contributed by atoms with E-state index in [0.29, 0.717) is 12.1 Å². The number of carbonyl (C=O) groups excluding carboxylic acids is 2. The average Bonchev–Trinajstić information content (AvgIpc) is 2.28. The Bertz CT molecular complexity index is 403. The predicted octanol–water partition coefficient (Wildman–Crippen LogP) is 0.816. The molecule has 1 rings (SSSR count). The van der Waals surface area contributed by atoms with Gasteiger partial charge in [0.1, 0.15) is 5.82 Å². The molecule has 0 saturated heterocycles. The maximum Gasteiger partial charge on any atom is 0.231 e. The molecule has 92 valence electrons. The Morgan fingerprint density at radius 3 is 2.29 bits per heavy atom. The molecule has 2 N–H and O–H groups in total. The third-order valence-electron chi connectivity index (χ3n) is 2.36. The molecule has 0 bridgehead atoms. The molecule has 1 amide bonds. The summed E-state index contributed by atoms with van der Waals surface area (Å²) >= 11 is 0. The first kappa shape index (κ1) is 13.3. The maximum absolute atomic E-state index is 12.7. The number of halogens is 1. The van der Waals surface area contributed by atoms with Gasteiger partial charge in [-0.3, -0.25) is 14.5 Å². The number of nitrogens with two attached hydrogens (primary N) is 1. The van der Waals surface area contributed by atoms with E-state index in [1.807, 2.05) is 6.92 Å². The molecule has 0 heterocycles. The van der Waals surface area contributed by atoms with E-state index in [-0.39, 0.29) is 24.7 Å². The minimum Gasteiger partial charge on any atom is -0.369 e. The number of amides is 1. The first-order chi connectivity index (χ1) is 8.02. The van der Waals surface area contributed by atoms with Gasteiger partial charge in [-0.05, 0) is 30.8 Å². The molecule has 0 fully saturated rings. The number of ketones is 1. The van der Waals surface area contributed by atoms with Crippen molar-refractivity contribution in [2.45, 2.75) is 6.92 Å². The molecular formula is C12H15FN2O2. The molecule has 0 aliphatic rings. The van der Waals surface area contributed by atoms with E-state index < -0.39 is 5.91 Å². The van der Waals surface area contributed by atoms with E-state index in [9.17, 15) is 14.0 Å². The smallest absolute Gasteiger partial charge is 0.231 e. The minimum atomic E-state index is -0.473. The van der Waals surface area contributed by atoms with Crippen molar-refractivity contribution in [3.8, 4) is 0 Å². The lowest BCUT2D eigenvalue weighted by Crippen LogP contribution is -2.37. The molecule has 0 aliphatic heterocycles. The summed E-state index contributed by atoms with van der Waals surface area (Å²) in [5.41, 5.74) is 5.49. The fourth-order valence-corrected chi connectivity index (χ4v) is 1.43.